The molecule has 0 unspecified atom stereocenters. The summed E-state index contributed by atoms with van der Waals surface area (Å²) in [5.74, 6) is -2.20. The van der Waals surface area contributed by atoms with E-state index in [2.05, 4.69) is 13.2 Å². The normalized spacial score (nSPS) is 23.0. The van der Waals surface area contributed by atoms with E-state index in [0.29, 0.717) is 6.42 Å². The summed E-state index contributed by atoms with van der Waals surface area (Å²) in [6.45, 7) is 6.86. The third kappa shape index (κ3) is 2.51. The summed E-state index contributed by atoms with van der Waals surface area (Å²) in [5, 5.41) is 0. The lowest BCUT2D eigenvalue weighted by Crippen LogP contribution is -2.51. The molecule has 2 rings (SSSR count). The zero-order valence-corrected chi connectivity index (χ0v) is 11.9. The maximum Gasteiger partial charge on any atom is 0.333 e. The van der Waals surface area contributed by atoms with Crippen LogP contribution < -0.4 is 0 Å². The standard InChI is InChI=1S/C16H22O4/c1-3-13(17)19-16(20-14(18)4-2)12-8-11-15(16)9-6-5-7-10-15/h3-4H,1-2,5-12H2. The second kappa shape index (κ2) is 5.81. The molecule has 4 heteroatoms. The molecule has 0 aromatic rings. The summed E-state index contributed by atoms with van der Waals surface area (Å²) in [6, 6.07) is 0. The van der Waals surface area contributed by atoms with Gasteiger partial charge in [0.1, 0.15) is 0 Å². The molecule has 0 heterocycles. The number of esters is 2. The molecule has 2 saturated carbocycles. The highest BCUT2D eigenvalue weighted by Gasteiger charge is 2.60. The Labute approximate surface area is 119 Å². The van der Waals surface area contributed by atoms with E-state index in [1.54, 1.807) is 0 Å². The molecule has 0 amide bonds. The van der Waals surface area contributed by atoms with Crippen LogP contribution in [0.2, 0.25) is 0 Å². The number of hydrogen-bond donors (Lipinski definition) is 0. The van der Waals surface area contributed by atoms with Gasteiger partial charge < -0.3 is 9.47 Å². The quantitative estimate of drug-likeness (QED) is 0.450. The van der Waals surface area contributed by atoms with Crippen molar-refractivity contribution >= 4 is 11.9 Å². The molecule has 0 N–H and O–H groups in total. The van der Waals surface area contributed by atoms with Gasteiger partial charge in [-0.05, 0) is 25.7 Å². The first-order chi connectivity index (χ1) is 9.57. The Bertz CT molecular complexity index is 396. The van der Waals surface area contributed by atoms with Crippen LogP contribution in [0, 0.1) is 5.41 Å². The molecule has 2 fully saturated rings. The van der Waals surface area contributed by atoms with Crippen molar-refractivity contribution in [3.05, 3.63) is 25.3 Å². The molecule has 2 aliphatic carbocycles. The highest BCUT2D eigenvalue weighted by Crippen LogP contribution is 2.57. The first kappa shape index (κ1) is 14.8. The number of ether oxygens (including phenoxy) is 2. The molecule has 0 aliphatic heterocycles. The first-order valence-electron chi connectivity index (χ1n) is 7.28. The third-order valence-electron chi connectivity index (χ3n) is 4.64. The molecule has 2 aliphatic rings. The second-order valence-electron chi connectivity index (χ2n) is 5.70. The minimum absolute atomic E-state index is 0.234. The van der Waals surface area contributed by atoms with Crippen molar-refractivity contribution in [2.45, 2.75) is 57.2 Å². The van der Waals surface area contributed by atoms with Crippen molar-refractivity contribution in [2.24, 2.45) is 5.41 Å². The largest absolute Gasteiger partial charge is 0.419 e. The van der Waals surface area contributed by atoms with Crippen LogP contribution >= 0.6 is 0 Å². The number of carbonyl (C=O) groups is 2. The van der Waals surface area contributed by atoms with Crippen LogP contribution in [0.5, 0.6) is 0 Å². The van der Waals surface area contributed by atoms with E-state index in [4.69, 9.17) is 9.47 Å². The van der Waals surface area contributed by atoms with Crippen molar-refractivity contribution in [1.82, 2.24) is 0 Å². The number of rotatable bonds is 4. The van der Waals surface area contributed by atoms with Crippen LogP contribution in [0.4, 0.5) is 0 Å². The zero-order chi connectivity index (χ0) is 14.6. The second-order valence-corrected chi connectivity index (χ2v) is 5.70. The van der Waals surface area contributed by atoms with Crippen LogP contribution in [0.1, 0.15) is 51.4 Å². The number of hydrogen-bond acceptors (Lipinski definition) is 4. The van der Waals surface area contributed by atoms with Gasteiger partial charge in [-0.15, -0.1) is 0 Å². The third-order valence-corrected chi connectivity index (χ3v) is 4.64. The summed E-state index contributed by atoms with van der Waals surface area (Å²) < 4.78 is 11.1. The lowest BCUT2D eigenvalue weighted by Gasteiger charge is -2.45. The SMILES string of the molecule is C=CC(=O)OC1(OC(=O)C=C)CCCC12CCCCC2. The minimum Gasteiger partial charge on any atom is -0.419 e. The Morgan fingerprint density at radius 3 is 1.80 bits per heavy atom. The summed E-state index contributed by atoms with van der Waals surface area (Å²) in [7, 11) is 0. The van der Waals surface area contributed by atoms with E-state index in [9.17, 15) is 9.59 Å². The summed E-state index contributed by atoms with van der Waals surface area (Å²) in [6.07, 6.45) is 9.85. The van der Waals surface area contributed by atoms with Crippen LogP contribution in [-0.4, -0.2) is 17.7 Å². The highest BCUT2D eigenvalue weighted by molar-refractivity contribution is 5.83. The average molecular weight is 278 g/mol. The Kier molecular flexibility index (Phi) is 4.31. The van der Waals surface area contributed by atoms with Crippen molar-refractivity contribution < 1.29 is 19.1 Å². The first-order valence-corrected chi connectivity index (χ1v) is 7.28. The lowest BCUT2D eigenvalue weighted by atomic mass is 9.69. The molecule has 0 saturated heterocycles. The van der Waals surface area contributed by atoms with Gasteiger partial charge in [0, 0.05) is 24.0 Å². The van der Waals surface area contributed by atoms with Gasteiger partial charge in [-0.3, -0.25) is 0 Å². The molecule has 1 spiro atoms. The molecule has 4 nitrogen and oxygen atoms in total. The van der Waals surface area contributed by atoms with Gasteiger partial charge in [0.2, 0.25) is 0 Å². The summed E-state index contributed by atoms with van der Waals surface area (Å²) in [5.41, 5.74) is -0.234. The van der Waals surface area contributed by atoms with E-state index < -0.39 is 17.7 Å². The van der Waals surface area contributed by atoms with Crippen LogP contribution in [0.3, 0.4) is 0 Å². The maximum absolute atomic E-state index is 11.7. The van der Waals surface area contributed by atoms with Gasteiger partial charge in [-0.25, -0.2) is 9.59 Å². The predicted molar refractivity (Wildman–Crippen MR) is 74.7 cm³/mol. The fourth-order valence-electron chi connectivity index (χ4n) is 3.72. The van der Waals surface area contributed by atoms with E-state index in [1.807, 2.05) is 0 Å². The fraction of sp³-hybridized carbons (Fsp3) is 0.625. The lowest BCUT2D eigenvalue weighted by molar-refractivity contribution is -0.263. The van der Waals surface area contributed by atoms with Gasteiger partial charge in [0.15, 0.2) is 0 Å². The molecule has 110 valence electrons. The zero-order valence-electron chi connectivity index (χ0n) is 11.9. The fourth-order valence-corrected chi connectivity index (χ4v) is 3.72. The van der Waals surface area contributed by atoms with Crippen LogP contribution in [0.15, 0.2) is 25.3 Å². The average Bonchev–Trinajstić information content (AvgIpc) is 2.77. The Morgan fingerprint density at radius 2 is 1.30 bits per heavy atom. The van der Waals surface area contributed by atoms with Crippen LogP contribution in [-0.2, 0) is 19.1 Å². The molecule has 0 radical (unpaired) electrons. The van der Waals surface area contributed by atoms with Gasteiger partial charge in [0.25, 0.3) is 5.79 Å². The molecular formula is C16H22O4. The van der Waals surface area contributed by atoms with Gasteiger partial charge >= 0.3 is 11.9 Å². The topological polar surface area (TPSA) is 52.6 Å². The van der Waals surface area contributed by atoms with E-state index in [1.165, 1.54) is 6.42 Å². The van der Waals surface area contributed by atoms with Crippen molar-refractivity contribution in [2.75, 3.05) is 0 Å². The van der Waals surface area contributed by atoms with E-state index in [-0.39, 0.29) is 5.41 Å². The van der Waals surface area contributed by atoms with Gasteiger partial charge in [-0.1, -0.05) is 32.4 Å². The van der Waals surface area contributed by atoms with Crippen molar-refractivity contribution in [3.8, 4) is 0 Å². The molecule has 20 heavy (non-hydrogen) atoms. The van der Waals surface area contributed by atoms with E-state index in [0.717, 1.165) is 50.7 Å². The van der Waals surface area contributed by atoms with Crippen molar-refractivity contribution in [1.29, 1.82) is 0 Å². The summed E-state index contributed by atoms with van der Waals surface area (Å²) in [4.78, 5) is 23.4. The van der Waals surface area contributed by atoms with Crippen LogP contribution in [0.25, 0.3) is 0 Å². The van der Waals surface area contributed by atoms with Gasteiger partial charge in [-0.2, -0.15) is 0 Å². The van der Waals surface area contributed by atoms with Crippen molar-refractivity contribution in [3.63, 3.8) is 0 Å². The summed E-state index contributed by atoms with van der Waals surface area (Å²) >= 11 is 0. The number of carbonyl (C=O) groups excluding carboxylic acids is 2. The maximum atomic E-state index is 11.7. The predicted octanol–water partition coefficient (Wildman–Crippen LogP) is 3.28. The Balaban J connectivity index is 2.32. The Hall–Kier alpha value is -1.58. The molecule has 0 aromatic carbocycles. The molecule has 0 atom stereocenters. The molecule has 0 bridgehead atoms. The molecular weight excluding hydrogens is 256 g/mol. The monoisotopic (exact) mass is 278 g/mol. The minimum atomic E-state index is -1.13. The molecule has 0 aromatic heterocycles. The smallest absolute Gasteiger partial charge is 0.333 e. The van der Waals surface area contributed by atoms with Gasteiger partial charge in [0.05, 0.1) is 0 Å². The Morgan fingerprint density at radius 1 is 0.800 bits per heavy atom. The highest BCUT2D eigenvalue weighted by atomic mass is 16.7. The van der Waals surface area contributed by atoms with E-state index >= 15 is 0 Å².